The number of sulfone groups is 1. The first-order valence-corrected chi connectivity index (χ1v) is 9.79. The minimum Gasteiger partial charge on any atom is -0.464 e. The highest BCUT2D eigenvalue weighted by Gasteiger charge is 2.26. The van der Waals surface area contributed by atoms with Gasteiger partial charge in [0.1, 0.15) is 5.58 Å². The first-order chi connectivity index (χ1) is 11.4. The maximum absolute atomic E-state index is 11.8. The molecule has 1 aromatic heterocycles. The van der Waals surface area contributed by atoms with Crippen LogP contribution in [0, 0.1) is 0 Å². The number of likely N-dealkylation sites (N-methyl/N-ethyl adjacent to an activating group) is 1. The summed E-state index contributed by atoms with van der Waals surface area (Å²) >= 11 is 0. The summed E-state index contributed by atoms with van der Waals surface area (Å²) in [4.78, 5) is 2.61. The van der Waals surface area contributed by atoms with E-state index in [1.54, 1.807) is 12.3 Å². The SMILES string of the molecule is CN1Cc2cc(S(C)(=O)=O)ccc2C(c2ccc3ccoc3c2)C1. The fourth-order valence-electron chi connectivity index (χ4n) is 3.53. The van der Waals surface area contributed by atoms with Crippen LogP contribution in [-0.2, 0) is 16.4 Å². The fraction of sp³-hybridized carbons (Fsp3) is 0.263. The molecule has 0 radical (unpaired) electrons. The van der Waals surface area contributed by atoms with Gasteiger partial charge in [-0.1, -0.05) is 18.2 Å². The van der Waals surface area contributed by atoms with E-state index in [0.717, 1.165) is 29.6 Å². The zero-order chi connectivity index (χ0) is 16.9. The van der Waals surface area contributed by atoms with Crippen LogP contribution in [0.4, 0.5) is 0 Å². The molecular formula is C19H19NO3S. The summed E-state index contributed by atoms with van der Waals surface area (Å²) in [6.45, 7) is 1.66. The summed E-state index contributed by atoms with van der Waals surface area (Å²) < 4.78 is 29.2. The number of benzene rings is 2. The molecule has 0 bridgehead atoms. The number of nitrogens with zero attached hydrogens (tertiary/aromatic N) is 1. The van der Waals surface area contributed by atoms with Crippen molar-refractivity contribution in [3.05, 3.63) is 65.4 Å². The van der Waals surface area contributed by atoms with Gasteiger partial charge in [-0.3, -0.25) is 0 Å². The summed E-state index contributed by atoms with van der Waals surface area (Å²) in [6.07, 6.45) is 2.96. The molecule has 0 saturated heterocycles. The molecule has 5 heteroatoms. The molecule has 3 aromatic rings. The molecule has 0 aliphatic carbocycles. The van der Waals surface area contributed by atoms with Crippen LogP contribution >= 0.6 is 0 Å². The predicted octanol–water partition coefficient (Wildman–Crippen LogP) is 3.41. The van der Waals surface area contributed by atoms with Gasteiger partial charge >= 0.3 is 0 Å². The molecule has 0 saturated carbocycles. The quantitative estimate of drug-likeness (QED) is 0.717. The first kappa shape index (κ1) is 15.4. The van der Waals surface area contributed by atoms with E-state index >= 15 is 0 Å². The third kappa shape index (κ3) is 2.64. The molecule has 0 spiro atoms. The Labute approximate surface area is 141 Å². The molecule has 1 unspecified atom stereocenters. The molecule has 0 amide bonds. The summed E-state index contributed by atoms with van der Waals surface area (Å²) in [5.41, 5.74) is 4.36. The van der Waals surface area contributed by atoms with E-state index in [1.165, 1.54) is 17.4 Å². The van der Waals surface area contributed by atoms with Crippen molar-refractivity contribution in [3.8, 4) is 0 Å². The molecule has 24 heavy (non-hydrogen) atoms. The number of hydrogen-bond acceptors (Lipinski definition) is 4. The normalized spacial score (nSPS) is 18.7. The highest BCUT2D eigenvalue weighted by Crippen LogP contribution is 2.35. The predicted molar refractivity (Wildman–Crippen MR) is 93.9 cm³/mol. The minimum atomic E-state index is -3.19. The second-order valence-corrected chi connectivity index (χ2v) is 8.62. The molecule has 0 fully saturated rings. The van der Waals surface area contributed by atoms with Gasteiger partial charge in [-0.15, -0.1) is 0 Å². The number of fused-ring (bicyclic) bond motifs is 2. The van der Waals surface area contributed by atoms with Gasteiger partial charge in [0.25, 0.3) is 0 Å². The van der Waals surface area contributed by atoms with Gasteiger partial charge < -0.3 is 9.32 Å². The van der Waals surface area contributed by atoms with Gasteiger partial charge in [0.05, 0.1) is 11.2 Å². The van der Waals surface area contributed by atoms with Gasteiger partial charge in [0.15, 0.2) is 9.84 Å². The Bertz CT molecular complexity index is 1020. The van der Waals surface area contributed by atoms with Crippen LogP contribution in [0.25, 0.3) is 11.0 Å². The molecular weight excluding hydrogens is 322 g/mol. The lowest BCUT2D eigenvalue weighted by Gasteiger charge is -2.33. The lowest BCUT2D eigenvalue weighted by Crippen LogP contribution is -2.31. The summed E-state index contributed by atoms with van der Waals surface area (Å²) in [7, 11) is -1.13. The van der Waals surface area contributed by atoms with Crippen LogP contribution in [0.3, 0.4) is 0 Å². The molecule has 124 valence electrons. The molecule has 0 N–H and O–H groups in total. The van der Waals surface area contributed by atoms with Crippen molar-refractivity contribution in [1.29, 1.82) is 0 Å². The van der Waals surface area contributed by atoms with Gasteiger partial charge in [-0.05, 0) is 48.0 Å². The topological polar surface area (TPSA) is 50.5 Å². The Morgan fingerprint density at radius 2 is 1.96 bits per heavy atom. The van der Waals surface area contributed by atoms with Crippen molar-refractivity contribution in [1.82, 2.24) is 4.90 Å². The Hall–Kier alpha value is -2.11. The van der Waals surface area contributed by atoms with Crippen LogP contribution in [-0.4, -0.2) is 33.2 Å². The average Bonchev–Trinajstić information content (AvgIpc) is 3.00. The Balaban J connectivity index is 1.83. The molecule has 1 atom stereocenters. The zero-order valence-electron chi connectivity index (χ0n) is 13.7. The van der Waals surface area contributed by atoms with E-state index in [2.05, 4.69) is 30.1 Å². The molecule has 1 aliphatic heterocycles. The van der Waals surface area contributed by atoms with E-state index in [0.29, 0.717) is 4.90 Å². The van der Waals surface area contributed by atoms with Crippen LogP contribution in [0.2, 0.25) is 0 Å². The Morgan fingerprint density at radius 3 is 2.75 bits per heavy atom. The highest BCUT2D eigenvalue weighted by atomic mass is 32.2. The Kier molecular flexibility index (Phi) is 3.51. The number of rotatable bonds is 2. The van der Waals surface area contributed by atoms with E-state index in [1.807, 2.05) is 18.2 Å². The largest absolute Gasteiger partial charge is 0.464 e. The average molecular weight is 341 g/mol. The van der Waals surface area contributed by atoms with Crippen molar-refractivity contribution in [2.24, 2.45) is 0 Å². The van der Waals surface area contributed by atoms with Crippen molar-refractivity contribution >= 4 is 20.8 Å². The van der Waals surface area contributed by atoms with Gasteiger partial charge in [-0.25, -0.2) is 8.42 Å². The van der Waals surface area contributed by atoms with Gasteiger partial charge in [-0.2, -0.15) is 0 Å². The standard InChI is InChI=1S/C19H19NO3S/c1-20-11-15-9-16(24(2,21)22)5-6-17(15)18(12-20)14-4-3-13-7-8-23-19(13)10-14/h3-10,18H,11-12H2,1-2H3. The number of furan rings is 1. The maximum atomic E-state index is 11.8. The third-order valence-electron chi connectivity index (χ3n) is 4.74. The first-order valence-electron chi connectivity index (χ1n) is 7.90. The van der Waals surface area contributed by atoms with Crippen molar-refractivity contribution < 1.29 is 12.8 Å². The number of hydrogen-bond donors (Lipinski definition) is 0. The molecule has 4 rings (SSSR count). The van der Waals surface area contributed by atoms with Gasteiger partial charge in [0, 0.05) is 30.6 Å². The van der Waals surface area contributed by atoms with Crippen molar-refractivity contribution in [2.75, 3.05) is 19.8 Å². The second kappa shape index (κ2) is 5.46. The maximum Gasteiger partial charge on any atom is 0.175 e. The van der Waals surface area contributed by atoms with E-state index in [4.69, 9.17) is 4.42 Å². The zero-order valence-corrected chi connectivity index (χ0v) is 14.5. The van der Waals surface area contributed by atoms with Crippen molar-refractivity contribution in [2.45, 2.75) is 17.4 Å². The molecule has 2 aromatic carbocycles. The van der Waals surface area contributed by atoms with Crippen LogP contribution in [0.5, 0.6) is 0 Å². The van der Waals surface area contributed by atoms with Gasteiger partial charge in [0.2, 0.25) is 0 Å². The molecule has 1 aliphatic rings. The van der Waals surface area contributed by atoms with Crippen LogP contribution in [0.1, 0.15) is 22.6 Å². The summed E-state index contributed by atoms with van der Waals surface area (Å²) in [5.74, 6) is 0.210. The van der Waals surface area contributed by atoms with Crippen molar-refractivity contribution in [3.63, 3.8) is 0 Å². The second-order valence-electron chi connectivity index (χ2n) is 6.60. The lowest BCUT2D eigenvalue weighted by molar-refractivity contribution is 0.295. The molecule has 4 nitrogen and oxygen atoms in total. The third-order valence-corrected chi connectivity index (χ3v) is 5.85. The van der Waals surface area contributed by atoms with E-state index in [-0.39, 0.29) is 5.92 Å². The van der Waals surface area contributed by atoms with E-state index in [9.17, 15) is 8.42 Å². The lowest BCUT2D eigenvalue weighted by atomic mass is 9.84. The summed E-state index contributed by atoms with van der Waals surface area (Å²) in [6, 6.07) is 13.8. The fourth-order valence-corrected chi connectivity index (χ4v) is 4.20. The highest BCUT2D eigenvalue weighted by molar-refractivity contribution is 7.90. The monoisotopic (exact) mass is 341 g/mol. The molecule has 2 heterocycles. The van der Waals surface area contributed by atoms with Crippen LogP contribution < -0.4 is 0 Å². The smallest absolute Gasteiger partial charge is 0.175 e. The van der Waals surface area contributed by atoms with Crippen LogP contribution in [0.15, 0.2) is 58.0 Å². The minimum absolute atomic E-state index is 0.210. The summed E-state index contributed by atoms with van der Waals surface area (Å²) in [5, 5.41) is 1.09. The van der Waals surface area contributed by atoms with E-state index < -0.39 is 9.84 Å². The Morgan fingerprint density at radius 1 is 1.12 bits per heavy atom.